The second-order valence-corrected chi connectivity index (χ2v) is 4.92. The predicted octanol–water partition coefficient (Wildman–Crippen LogP) is 3.30. The molecule has 0 aromatic heterocycles. The molecule has 0 saturated carbocycles. The van der Waals surface area contributed by atoms with Crippen LogP contribution in [0.25, 0.3) is 0 Å². The highest BCUT2D eigenvalue weighted by Gasteiger charge is 2.35. The standard InChI is InChI=1S/C14H15F3O3/c15-14(16,17)11-5-1-3-9(7-11)12(13(18)19)10-4-2-6-20-8-10/h1,3,5,7,10,12H,2,4,6,8H2,(H,18,19). The maximum atomic E-state index is 12.7. The first-order valence-corrected chi connectivity index (χ1v) is 6.37. The van der Waals surface area contributed by atoms with Crippen molar-refractivity contribution in [2.24, 2.45) is 5.92 Å². The van der Waals surface area contributed by atoms with Crippen LogP contribution in [0.15, 0.2) is 24.3 Å². The van der Waals surface area contributed by atoms with Crippen molar-refractivity contribution in [2.75, 3.05) is 13.2 Å². The van der Waals surface area contributed by atoms with E-state index < -0.39 is 23.6 Å². The molecule has 0 amide bonds. The number of carboxylic acids is 1. The van der Waals surface area contributed by atoms with Gasteiger partial charge in [0.1, 0.15) is 0 Å². The molecule has 1 aliphatic heterocycles. The first kappa shape index (κ1) is 14.8. The van der Waals surface area contributed by atoms with Gasteiger partial charge in [-0.2, -0.15) is 13.2 Å². The fourth-order valence-electron chi connectivity index (χ4n) is 2.55. The Morgan fingerprint density at radius 2 is 2.15 bits per heavy atom. The van der Waals surface area contributed by atoms with Crippen molar-refractivity contribution in [1.82, 2.24) is 0 Å². The Morgan fingerprint density at radius 1 is 1.40 bits per heavy atom. The lowest BCUT2D eigenvalue weighted by molar-refractivity contribution is -0.142. The van der Waals surface area contributed by atoms with Gasteiger partial charge < -0.3 is 9.84 Å². The predicted molar refractivity (Wildman–Crippen MR) is 65.4 cm³/mol. The van der Waals surface area contributed by atoms with E-state index in [0.717, 1.165) is 18.6 Å². The van der Waals surface area contributed by atoms with E-state index in [1.54, 1.807) is 0 Å². The van der Waals surface area contributed by atoms with Crippen LogP contribution in [0.1, 0.15) is 29.9 Å². The van der Waals surface area contributed by atoms with Gasteiger partial charge in [-0.25, -0.2) is 0 Å². The molecule has 0 radical (unpaired) electrons. The number of ether oxygens (including phenoxy) is 1. The molecule has 0 bridgehead atoms. The number of hydrogen-bond donors (Lipinski definition) is 1. The van der Waals surface area contributed by atoms with E-state index in [1.807, 2.05) is 0 Å². The van der Waals surface area contributed by atoms with Crippen molar-refractivity contribution >= 4 is 5.97 Å². The maximum absolute atomic E-state index is 12.7. The molecular weight excluding hydrogens is 273 g/mol. The molecule has 1 N–H and O–H groups in total. The lowest BCUT2D eigenvalue weighted by Crippen LogP contribution is -2.29. The number of benzene rings is 1. The first-order chi connectivity index (χ1) is 9.39. The minimum absolute atomic E-state index is 0.183. The molecule has 2 rings (SSSR count). The summed E-state index contributed by atoms with van der Waals surface area (Å²) in [5, 5.41) is 9.34. The molecule has 1 fully saturated rings. The van der Waals surface area contributed by atoms with Crippen molar-refractivity contribution < 1.29 is 27.8 Å². The van der Waals surface area contributed by atoms with Gasteiger partial charge in [0.05, 0.1) is 18.1 Å². The van der Waals surface area contributed by atoms with Crippen LogP contribution in [-0.2, 0) is 15.7 Å². The van der Waals surface area contributed by atoms with Gasteiger partial charge in [0, 0.05) is 6.61 Å². The highest BCUT2D eigenvalue weighted by molar-refractivity contribution is 5.76. The van der Waals surface area contributed by atoms with Gasteiger partial charge in [-0.15, -0.1) is 0 Å². The molecule has 110 valence electrons. The largest absolute Gasteiger partial charge is 0.481 e. The van der Waals surface area contributed by atoms with E-state index >= 15 is 0 Å². The van der Waals surface area contributed by atoms with Crippen LogP contribution in [-0.4, -0.2) is 24.3 Å². The van der Waals surface area contributed by atoms with Gasteiger partial charge in [-0.1, -0.05) is 18.2 Å². The summed E-state index contributed by atoms with van der Waals surface area (Å²) in [5.41, 5.74) is -0.638. The van der Waals surface area contributed by atoms with Crippen LogP contribution in [0, 0.1) is 5.92 Å². The summed E-state index contributed by atoms with van der Waals surface area (Å²) in [7, 11) is 0. The molecule has 2 atom stereocenters. The molecule has 1 saturated heterocycles. The monoisotopic (exact) mass is 288 g/mol. The van der Waals surface area contributed by atoms with Crippen molar-refractivity contribution in [3.05, 3.63) is 35.4 Å². The fraction of sp³-hybridized carbons (Fsp3) is 0.500. The van der Waals surface area contributed by atoms with Crippen molar-refractivity contribution in [1.29, 1.82) is 0 Å². The number of halogens is 3. The van der Waals surface area contributed by atoms with Crippen molar-refractivity contribution in [3.63, 3.8) is 0 Å². The van der Waals surface area contributed by atoms with E-state index in [4.69, 9.17) is 4.74 Å². The van der Waals surface area contributed by atoms with Gasteiger partial charge in [-0.3, -0.25) is 4.79 Å². The summed E-state index contributed by atoms with van der Waals surface area (Å²) in [4.78, 5) is 11.4. The Hall–Kier alpha value is -1.56. The SMILES string of the molecule is O=C(O)C(c1cccc(C(F)(F)F)c1)C1CCCOC1. The van der Waals surface area contributed by atoms with Gasteiger partial charge in [0.2, 0.25) is 0 Å². The summed E-state index contributed by atoms with van der Waals surface area (Å²) in [6, 6.07) is 4.55. The van der Waals surface area contributed by atoms with E-state index in [2.05, 4.69) is 0 Å². The summed E-state index contributed by atoms with van der Waals surface area (Å²) in [5.74, 6) is -2.36. The molecule has 2 unspecified atom stereocenters. The van der Waals surface area contributed by atoms with E-state index in [0.29, 0.717) is 13.0 Å². The second kappa shape index (κ2) is 5.83. The number of carbonyl (C=O) groups is 1. The van der Waals surface area contributed by atoms with E-state index in [9.17, 15) is 23.1 Å². The van der Waals surface area contributed by atoms with Gasteiger partial charge in [0.15, 0.2) is 0 Å². The lowest BCUT2D eigenvalue weighted by atomic mass is 9.82. The molecule has 6 heteroatoms. The molecular formula is C14H15F3O3. The number of hydrogen-bond acceptors (Lipinski definition) is 2. The minimum Gasteiger partial charge on any atom is -0.481 e. The fourth-order valence-corrected chi connectivity index (χ4v) is 2.55. The first-order valence-electron chi connectivity index (χ1n) is 6.37. The summed E-state index contributed by atoms with van der Waals surface area (Å²) >= 11 is 0. The van der Waals surface area contributed by atoms with Crippen LogP contribution in [0.5, 0.6) is 0 Å². The molecule has 20 heavy (non-hydrogen) atoms. The van der Waals surface area contributed by atoms with Crippen LogP contribution in [0.2, 0.25) is 0 Å². The minimum atomic E-state index is -4.47. The quantitative estimate of drug-likeness (QED) is 0.928. The van der Waals surface area contributed by atoms with Gasteiger partial charge in [0.25, 0.3) is 0 Å². The Kier molecular flexibility index (Phi) is 4.32. The average Bonchev–Trinajstić information content (AvgIpc) is 2.39. The average molecular weight is 288 g/mol. The molecule has 1 aromatic rings. The Morgan fingerprint density at radius 3 is 2.70 bits per heavy atom. The van der Waals surface area contributed by atoms with E-state index in [1.165, 1.54) is 12.1 Å². The van der Waals surface area contributed by atoms with Crippen LogP contribution in [0.4, 0.5) is 13.2 Å². The number of carboxylic acid groups (broad SMARTS) is 1. The van der Waals surface area contributed by atoms with E-state index in [-0.39, 0.29) is 18.1 Å². The van der Waals surface area contributed by atoms with Crippen molar-refractivity contribution in [3.8, 4) is 0 Å². The Bertz CT molecular complexity index is 479. The lowest BCUT2D eigenvalue weighted by Gasteiger charge is -2.28. The van der Waals surface area contributed by atoms with Crippen molar-refractivity contribution in [2.45, 2.75) is 24.9 Å². The smallest absolute Gasteiger partial charge is 0.416 e. The summed E-state index contributed by atoms with van der Waals surface area (Å²) < 4.78 is 43.4. The normalized spacial score (nSPS) is 21.4. The Labute approximate surface area is 114 Å². The van der Waals surface area contributed by atoms with Crippen LogP contribution in [0.3, 0.4) is 0 Å². The molecule has 3 nitrogen and oxygen atoms in total. The highest BCUT2D eigenvalue weighted by Crippen LogP contribution is 2.35. The van der Waals surface area contributed by atoms with Crippen LogP contribution >= 0.6 is 0 Å². The topological polar surface area (TPSA) is 46.5 Å². The summed E-state index contributed by atoms with van der Waals surface area (Å²) in [6.45, 7) is 0.846. The third kappa shape index (κ3) is 3.30. The number of rotatable bonds is 3. The molecule has 1 heterocycles. The second-order valence-electron chi connectivity index (χ2n) is 4.92. The molecule has 0 aliphatic carbocycles. The maximum Gasteiger partial charge on any atom is 0.416 e. The number of aliphatic carboxylic acids is 1. The zero-order chi connectivity index (χ0) is 14.8. The zero-order valence-electron chi connectivity index (χ0n) is 10.7. The number of alkyl halides is 3. The molecule has 1 aromatic carbocycles. The third-order valence-corrected chi connectivity index (χ3v) is 3.51. The zero-order valence-corrected chi connectivity index (χ0v) is 10.7. The molecule has 0 spiro atoms. The Balaban J connectivity index is 2.32. The van der Waals surface area contributed by atoms with Gasteiger partial charge in [-0.05, 0) is 30.4 Å². The van der Waals surface area contributed by atoms with Gasteiger partial charge >= 0.3 is 12.1 Å². The highest BCUT2D eigenvalue weighted by atomic mass is 19.4. The molecule has 1 aliphatic rings. The van der Waals surface area contributed by atoms with Crippen LogP contribution < -0.4 is 0 Å². The third-order valence-electron chi connectivity index (χ3n) is 3.51. The summed E-state index contributed by atoms with van der Waals surface area (Å²) in [6.07, 6.45) is -3.09.